The van der Waals surface area contributed by atoms with Crippen molar-refractivity contribution >= 4 is 28.1 Å². The van der Waals surface area contributed by atoms with E-state index < -0.39 is 0 Å². The van der Waals surface area contributed by atoms with Crippen molar-refractivity contribution in [2.45, 2.75) is 6.92 Å². The van der Waals surface area contributed by atoms with E-state index in [9.17, 15) is 4.79 Å². The van der Waals surface area contributed by atoms with Crippen LogP contribution in [-0.2, 0) is 0 Å². The maximum atomic E-state index is 12.1. The topological polar surface area (TPSA) is 77.2 Å². The van der Waals surface area contributed by atoms with E-state index in [0.717, 1.165) is 5.69 Å². The van der Waals surface area contributed by atoms with Gasteiger partial charge in [0.15, 0.2) is 5.13 Å². The van der Waals surface area contributed by atoms with Gasteiger partial charge in [-0.25, -0.2) is 4.98 Å². The summed E-state index contributed by atoms with van der Waals surface area (Å²) >= 11 is 1.38. The van der Waals surface area contributed by atoms with E-state index in [2.05, 4.69) is 10.3 Å². The first kappa shape index (κ1) is 12.4. The van der Waals surface area contributed by atoms with Crippen LogP contribution in [0.4, 0.5) is 10.8 Å². The molecule has 1 aromatic heterocycles. The molecular weight excluding hydrogens is 250 g/mol. The summed E-state index contributed by atoms with van der Waals surface area (Å²) in [6, 6.07) is 4.93. The normalized spacial score (nSPS) is 10.1. The smallest absolute Gasteiger partial charge is 0.261 e. The summed E-state index contributed by atoms with van der Waals surface area (Å²) in [5, 5.41) is 5.14. The Morgan fingerprint density at radius 3 is 2.89 bits per heavy atom. The molecular formula is C12H13N3O2S. The Labute approximate surface area is 109 Å². The average Bonchev–Trinajstić information content (AvgIpc) is 2.74. The van der Waals surface area contributed by atoms with E-state index in [1.54, 1.807) is 18.2 Å². The van der Waals surface area contributed by atoms with Crippen molar-refractivity contribution in [2.75, 3.05) is 18.2 Å². The number of anilines is 2. The maximum Gasteiger partial charge on any atom is 0.261 e. The summed E-state index contributed by atoms with van der Waals surface area (Å²) in [5.41, 5.74) is 7.44. The van der Waals surface area contributed by atoms with E-state index in [0.29, 0.717) is 22.1 Å². The van der Waals surface area contributed by atoms with Gasteiger partial charge in [0.2, 0.25) is 0 Å². The first-order valence-electron chi connectivity index (χ1n) is 5.27. The number of nitrogens with one attached hydrogen (secondary N) is 1. The fourth-order valence-electron chi connectivity index (χ4n) is 1.48. The van der Waals surface area contributed by atoms with Crippen molar-refractivity contribution in [2.24, 2.45) is 0 Å². The van der Waals surface area contributed by atoms with Gasteiger partial charge in [0, 0.05) is 11.1 Å². The highest BCUT2D eigenvalue weighted by molar-refractivity contribution is 7.13. The van der Waals surface area contributed by atoms with Gasteiger partial charge in [-0.2, -0.15) is 0 Å². The van der Waals surface area contributed by atoms with Crippen molar-refractivity contribution in [1.29, 1.82) is 0 Å². The van der Waals surface area contributed by atoms with Crippen molar-refractivity contribution in [1.82, 2.24) is 4.98 Å². The Hall–Kier alpha value is -2.08. The number of aryl methyl sites for hydroxylation is 1. The Kier molecular flexibility index (Phi) is 3.47. The quantitative estimate of drug-likeness (QED) is 0.833. The molecule has 0 fully saturated rings. The third-order valence-corrected chi connectivity index (χ3v) is 3.18. The number of rotatable bonds is 3. The van der Waals surface area contributed by atoms with E-state index >= 15 is 0 Å². The molecule has 0 aliphatic rings. The summed E-state index contributed by atoms with van der Waals surface area (Å²) in [7, 11) is 1.51. The van der Waals surface area contributed by atoms with E-state index in [1.807, 2.05) is 12.3 Å². The Morgan fingerprint density at radius 2 is 2.28 bits per heavy atom. The average molecular weight is 263 g/mol. The molecule has 18 heavy (non-hydrogen) atoms. The van der Waals surface area contributed by atoms with E-state index in [1.165, 1.54) is 18.4 Å². The summed E-state index contributed by atoms with van der Waals surface area (Å²) in [4.78, 5) is 16.2. The van der Waals surface area contributed by atoms with Crippen molar-refractivity contribution in [3.8, 4) is 5.75 Å². The number of carbonyl (C=O) groups excluding carboxylic acids is 1. The molecule has 2 aromatic rings. The molecule has 0 unspecified atom stereocenters. The zero-order chi connectivity index (χ0) is 13.1. The van der Waals surface area contributed by atoms with Gasteiger partial charge < -0.3 is 10.5 Å². The Morgan fingerprint density at radius 1 is 1.50 bits per heavy atom. The number of benzene rings is 1. The van der Waals surface area contributed by atoms with Crippen LogP contribution in [0.1, 0.15) is 16.1 Å². The summed E-state index contributed by atoms with van der Waals surface area (Å²) in [6.07, 6.45) is 0. The van der Waals surface area contributed by atoms with Crippen LogP contribution >= 0.6 is 11.3 Å². The van der Waals surface area contributed by atoms with Gasteiger partial charge in [-0.1, -0.05) is 0 Å². The molecule has 0 aliphatic heterocycles. The third kappa shape index (κ3) is 2.60. The lowest BCUT2D eigenvalue weighted by Gasteiger charge is -2.08. The van der Waals surface area contributed by atoms with Crippen LogP contribution in [0, 0.1) is 6.92 Å². The molecule has 6 heteroatoms. The van der Waals surface area contributed by atoms with Crippen molar-refractivity contribution in [3.05, 3.63) is 34.8 Å². The number of carbonyl (C=O) groups is 1. The standard InChI is InChI=1S/C12H13N3O2S/c1-7-6-18-12(14-7)15-11(16)9-5-8(13)3-4-10(9)17-2/h3-6H,13H2,1-2H3,(H,14,15,16). The maximum absolute atomic E-state index is 12.1. The highest BCUT2D eigenvalue weighted by atomic mass is 32.1. The van der Waals surface area contributed by atoms with Gasteiger partial charge in [0.25, 0.3) is 5.91 Å². The number of hydrogen-bond acceptors (Lipinski definition) is 5. The minimum absolute atomic E-state index is 0.284. The Bertz CT molecular complexity index is 580. The van der Waals surface area contributed by atoms with Gasteiger partial charge in [0.1, 0.15) is 5.75 Å². The molecule has 0 bridgehead atoms. The number of amides is 1. The van der Waals surface area contributed by atoms with E-state index in [-0.39, 0.29) is 5.91 Å². The Balaban J connectivity index is 2.25. The number of nitrogens with zero attached hydrogens (tertiary/aromatic N) is 1. The lowest BCUT2D eigenvalue weighted by Crippen LogP contribution is -2.13. The lowest BCUT2D eigenvalue weighted by molar-refractivity contribution is 0.102. The molecule has 2 rings (SSSR count). The number of nitrogen functional groups attached to an aromatic ring is 1. The minimum Gasteiger partial charge on any atom is -0.496 e. The second kappa shape index (κ2) is 5.05. The fraction of sp³-hybridized carbons (Fsp3) is 0.167. The molecule has 0 saturated heterocycles. The largest absolute Gasteiger partial charge is 0.496 e. The van der Waals surface area contributed by atoms with Gasteiger partial charge in [0.05, 0.1) is 18.4 Å². The van der Waals surface area contributed by atoms with Gasteiger partial charge in [-0.15, -0.1) is 11.3 Å². The van der Waals surface area contributed by atoms with Crippen LogP contribution < -0.4 is 15.8 Å². The first-order chi connectivity index (χ1) is 8.60. The first-order valence-corrected chi connectivity index (χ1v) is 6.15. The number of hydrogen-bond donors (Lipinski definition) is 2. The molecule has 1 heterocycles. The van der Waals surface area contributed by atoms with Crippen molar-refractivity contribution < 1.29 is 9.53 Å². The predicted octanol–water partition coefficient (Wildman–Crippen LogP) is 2.29. The SMILES string of the molecule is COc1ccc(N)cc1C(=O)Nc1nc(C)cs1. The molecule has 1 amide bonds. The van der Waals surface area contributed by atoms with E-state index in [4.69, 9.17) is 10.5 Å². The third-order valence-electron chi connectivity index (χ3n) is 2.31. The number of thiazole rings is 1. The lowest BCUT2D eigenvalue weighted by atomic mass is 10.1. The van der Waals surface area contributed by atoms with Crippen LogP contribution in [-0.4, -0.2) is 18.0 Å². The van der Waals surface area contributed by atoms with Crippen molar-refractivity contribution in [3.63, 3.8) is 0 Å². The van der Waals surface area contributed by atoms with Gasteiger partial charge in [-0.05, 0) is 25.1 Å². The van der Waals surface area contributed by atoms with Gasteiger partial charge >= 0.3 is 0 Å². The monoisotopic (exact) mass is 263 g/mol. The number of nitrogens with two attached hydrogens (primary N) is 1. The number of aromatic nitrogens is 1. The second-order valence-electron chi connectivity index (χ2n) is 3.71. The van der Waals surface area contributed by atoms with Crippen LogP contribution in [0.5, 0.6) is 5.75 Å². The molecule has 0 atom stereocenters. The molecule has 1 aromatic carbocycles. The molecule has 0 spiro atoms. The molecule has 0 radical (unpaired) electrons. The summed E-state index contributed by atoms with van der Waals surface area (Å²) in [5.74, 6) is 0.198. The zero-order valence-corrected chi connectivity index (χ0v) is 10.9. The molecule has 3 N–H and O–H groups in total. The predicted molar refractivity (Wildman–Crippen MR) is 72.2 cm³/mol. The van der Waals surface area contributed by atoms with Crippen LogP contribution in [0.15, 0.2) is 23.6 Å². The summed E-state index contributed by atoms with van der Waals surface area (Å²) in [6.45, 7) is 1.87. The minimum atomic E-state index is -0.284. The highest BCUT2D eigenvalue weighted by Crippen LogP contribution is 2.23. The molecule has 0 saturated carbocycles. The van der Waals surface area contributed by atoms with Crippen LogP contribution in [0.3, 0.4) is 0 Å². The number of ether oxygens (including phenoxy) is 1. The molecule has 0 aliphatic carbocycles. The zero-order valence-electron chi connectivity index (χ0n) is 10.1. The summed E-state index contributed by atoms with van der Waals surface area (Å²) < 4.78 is 5.13. The molecule has 5 nitrogen and oxygen atoms in total. The highest BCUT2D eigenvalue weighted by Gasteiger charge is 2.14. The fourth-order valence-corrected chi connectivity index (χ4v) is 2.16. The van der Waals surface area contributed by atoms with Gasteiger partial charge in [-0.3, -0.25) is 10.1 Å². The number of methoxy groups -OCH3 is 1. The van der Waals surface area contributed by atoms with Crippen LogP contribution in [0.25, 0.3) is 0 Å². The second-order valence-corrected chi connectivity index (χ2v) is 4.57. The van der Waals surface area contributed by atoms with Crippen LogP contribution in [0.2, 0.25) is 0 Å². The molecule has 94 valence electrons.